The highest BCUT2D eigenvalue weighted by Gasteiger charge is 2.48. The predicted octanol–water partition coefficient (Wildman–Crippen LogP) is 5.39. The summed E-state index contributed by atoms with van der Waals surface area (Å²) < 4.78 is 42.5. The molecule has 0 spiro atoms. The minimum Gasteiger partial charge on any atom is -0.320 e. The summed E-state index contributed by atoms with van der Waals surface area (Å²) in [5.74, 6) is 0.905. The van der Waals surface area contributed by atoms with Crippen molar-refractivity contribution < 1.29 is 18.0 Å². The molecule has 0 bridgehead atoms. The number of piperidine rings is 1. The fourth-order valence-electron chi connectivity index (χ4n) is 6.45. The molecule has 12 heteroatoms. The third-order valence-corrected chi connectivity index (χ3v) is 8.51. The largest absolute Gasteiger partial charge is 0.406 e. The summed E-state index contributed by atoms with van der Waals surface area (Å²) in [6.45, 7) is 4.75. The number of nitrogens with zero attached hydrogens (tertiary/aromatic N) is 5. The molecule has 2 fully saturated rings. The molecular weight excluding hydrogens is 557 g/mol. The van der Waals surface area contributed by atoms with Crippen molar-refractivity contribution in [2.24, 2.45) is 18.9 Å². The number of pyridine rings is 1. The summed E-state index contributed by atoms with van der Waals surface area (Å²) >= 11 is 6.47. The number of likely N-dealkylation sites (tertiary alicyclic amines) is 1. The first-order valence-corrected chi connectivity index (χ1v) is 14.2. The van der Waals surface area contributed by atoms with E-state index in [1.165, 1.54) is 12.3 Å². The van der Waals surface area contributed by atoms with Crippen LogP contribution in [0.5, 0.6) is 0 Å². The van der Waals surface area contributed by atoms with Gasteiger partial charge in [-0.2, -0.15) is 13.2 Å². The maximum absolute atomic E-state index is 13.5. The molecule has 41 heavy (non-hydrogen) atoms. The number of benzene rings is 1. The molecule has 1 aromatic carbocycles. The zero-order valence-corrected chi connectivity index (χ0v) is 24.1. The second-order valence-electron chi connectivity index (χ2n) is 11.8. The lowest BCUT2D eigenvalue weighted by Crippen LogP contribution is -2.43. The van der Waals surface area contributed by atoms with Crippen LogP contribution in [0.15, 0.2) is 41.6 Å². The molecular formula is C29H34ClF3N6O2. The van der Waals surface area contributed by atoms with E-state index in [-0.39, 0.29) is 16.3 Å². The monoisotopic (exact) mass is 590 g/mol. The first-order valence-electron chi connectivity index (χ1n) is 13.8. The van der Waals surface area contributed by atoms with Crippen molar-refractivity contribution in [2.75, 3.05) is 18.4 Å². The van der Waals surface area contributed by atoms with Gasteiger partial charge in [0, 0.05) is 26.3 Å². The average molecular weight is 591 g/mol. The van der Waals surface area contributed by atoms with Crippen LogP contribution in [0.4, 0.5) is 18.9 Å². The van der Waals surface area contributed by atoms with Gasteiger partial charge in [0.1, 0.15) is 24.3 Å². The topological polar surface area (TPSA) is 85.1 Å². The van der Waals surface area contributed by atoms with Crippen LogP contribution in [0.3, 0.4) is 0 Å². The fourth-order valence-corrected chi connectivity index (χ4v) is 6.61. The highest BCUT2D eigenvalue weighted by Crippen LogP contribution is 2.52. The molecule has 220 valence electrons. The van der Waals surface area contributed by atoms with E-state index in [2.05, 4.69) is 34.3 Å². The molecule has 1 N–H and O–H groups in total. The van der Waals surface area contributed by atoms with Gasteiger partial charge in [0.05, 0.1) is 16.1 Å². The molecule has 1 atom stereocenters. The summed E-state index contributed by atoms with van der Waals surface area (Å²) in [4.78, 5) is 28.7. The third-order valence-electron chi connectivity index (χ3n) is 8.18. The summed E-state index contributed by atoms with van der Waals surface area (Å²) in [6.07, 6.45) is 1.96. The van der Waals surface area contributed by atoms with Gasteiger partial charge in [0.15, 0.2) is 0 Å². The maximum Gasteiger partial charge on any atom is 0.406 e. The molecule has 0 radical (unpaired) electrons. The smallest absolute Gasteiger partial charge is 0.320 e. The molecule has 3 heterocycles. The second kappa shape index (κ2) is 11.2. The molecule has 3 aromatic rings. The Balaban J connectivity index is 1.47. The number of nitrogens with one attached hydrogen (secondary N) is 1. The molecule has 1 aliphatic heterocycles. The fraction of sp³-hybridized carbons (Fsp3) is 0.517. The molecule has 8 nitrogen and oxygen atoms in total. The Morgan fingerprint density at radius 3 is 2.59 bits per heavy atom. The number of halogens is 4. The standard InChI is InChI=1S/C29H34ClF3N6O2/c1-18-5-4-8-38(13-18)14-20-9-22(26(41)39(15-20)16-29(31,32)33)25(40)35-24-10-21(6-7-23(24)30)28(11-19(2)12-28)27-36-34-17-37(27)3/h6-7,9-10,15,17-19H,4-5,8,11-14,16H2,1-3H3,(H,35,40)/t18-,19?,28?/m0/s1. The highest BCUT2D eigenvalue weighted by atomic mass is 35.5. The number of hydrogen-bond donors (Lipinski definition) is 1. The van der Waals surface area contributed by atoms with Crippen LogP contribution >= 0.6 is 11.6 Å². The molecule has 2 aliphatic rings. The number of alkyl halides is 3. The van der Waals surface area contributed by atoms with E-state index < -0.39 is 29.6 Å². The van der Waals surface area contributed by atoms with Gasteiger partial charge in [0.25, 0.3) is 11.5 Å². The van der Waals surface area contributed by atoms with Crippen LogP contribution in [0.1, 0.15) is 66.8 Å². The first kappa shape index (κ1) is 29.3. The summed E-state index contributed by atoms with van der Waals surface area (Å²) in [7, 11) is 1.88. The van der Waals surface area contributed by atoms with Gasteiger partial charge in [-0.3, -0.25) is 14.5 Å². The Labute approximate surface area is 241 Å². The summed E-state index contributed by atoms with van der Waals surface area (Å²) in [5.41, 5.74) is -0.164. The van der Waals surface area contributed by atoms with Gasteiger partial charge < -0.3 is 14.5 Å². The van der Waals surface area contributed by atoms with Crippen LogP contribution in [0.25, 0.3) is 0 Å². The Bertz CT molecular complexity index is 1490. The SMILES string of the molecule is CC1CC(c2ccc(Cl)c(NC(=O)c3cc(CN4CCC[C@H](C)C4)cn(CC(F)(F)F)c3=O)c2)(c2nncn2C)C1. The van der Waals surface area contributed by atoms with E-state index in [4.69, 9.17) is 11.6 Å². The molecule has 5 rings (SSSR count). The Kier molecular flexibility index (Phi) is 8.04. The number of aromatic nitrogens is 4. The molecule has 1 saturated carbocycles. The van der Waals surface area contributed by atoms with Crippen molar-refractivity contribution in [2.45, 2.75) is 64.2 Å². The number of anilines is 1. The van der Waals surface area contributed by atoms with Gasteiger partial charge in [-0.25, -0.2) is 0 Å². The van der Waals surface area contributed by atoms with Gasteiger partial charge in [-0.15, -0.1) is 10.2 Å². The number of rotatable bonds is 7. The van der Waals surface area contributed by atoms with Crippen molar-refractivity contribution in [3.05, 3.63) is 74.7 Å². The van der Waals surface area contributed by atoms with Gasteiger partial charge in [0.2, 0.25) is 0 Å². The zero-order chi connectivity index (χ0) is 29.5. The van der Waals surface area contributed by atoms with E-state index in [1.54, 1.807) is 18.5 Å². The van der Waals surface area contributed by atoms with Crippen LogP contribution in [-0.4, -0.2) is 49.4 Å². The number of aryl methyl sites for hydroxylation is 1. The van der Waals surface area contributed by atoms with Crippen molar-refractivity contribution in [1.29, 1.82) is 0 Å². The van der Waals surface area contributed by atoms with Crippen molar-refractivity contribution in [3.8, 4) is 0 Å². The van der Waals surface area contributed by atoms with E-state index >= 15 is 0 Å². The van der Waals surface area contributed by atoms with E-state index in [1.807, 2.05) is 17.7 Å². The van der Waals surface area contributed by atoms with Crippen molar-refractivity contribution in [1.82, 2.24) is 24.2 Å². The Morgan fingerprint density at radius 2 is 1.95 bits per heavy atom. The molecule has 2 aromatic heterocycles. The van der Waals surface area contributed by atoms with Gasteiger partial charge in [-0.1, -0.05) is 31.5 Å². The lowest BCUT2D eigenvalue weighted by atomic mass is 9.58. The number of hydrogen-bond acceptors (Lipinski definition) is 5. The molecule has 1 saturated heterocycles. The van der Waals surface area contributed by atoms with E-state index in [9.17, 15) is 22.8 Å². The third kappa shape index (κ3) is 6.21. The lowest BCUT2D eigenvalue weighted by molar-refractivity contribution is -0.141. The summed E-state index contributed by atoms with van der Waals surface area (Å²) in [5, 5.41) is 11.3. The Morgan fingerprint density at radius 1 is 1.20 bits per heavy atom. The lowest BCUT2D eigenvalue weighted by Gasteiger charge is -2.46. The molecule has 1 aliphatic carbocycles. The predicted molar refractivity (Wildman–Crippen MR) is 150 cm³/mol. The highest BCUT2D eigenvalue weighted by molar-refractivity contribution is 6.34. The van der Waals surface area contributed by atoms with Crippen LogP contribution in [0, 0.1) is 11.8 Å². The van der Waals surface area contributed by atoms with Gasteiger partial charge >= 0.3 is 6.18 Å². The quantitative estimate of drug-likeness (QED) is 0.399. The second-order valence-corrected chi connectivity index (χ2v) is 12.2. The minimum atomic E-state index is -4.62. The van der Waals surface area contributed by atoms with Crippen LogP contribution in [0.2, 0.25) is 5.02 Å². The zero-order valence-electron chi connectivity index (χ0n) is 23.3. The van der Waals surface area contributed by atoms with Crippen LogP contribution in [-0.2, 0) is 25.6 Å². The minimum absolute atomic E-state index is 0.247. The first-order chi connectivity index (χ1) is 19.3. The van der Waals surface area contributed by atoms with E-state index in [0.717, 1.165) is 50.2 Å². The molecule has 0 unspecified atom stereocenters. The Hall–Kier alpha value is -3.18. The normalized spacial score (nSPS) is 23.3. The van der Waals surface area contributed by atoms with Gasteiger partial charge in [-0.05, 0) is 73.4 Å². The maximum atomic E-state index is 13.5. The summed E-state index contributed by atoms with van der Waals surface area (Å²) in [6, 6.07) is 6.71. The van der Waals surface area contributed by atoms with E-state index in [0.29, 0.717) is 28.5 Å². The number of amides is 1. The molecule has 1 amide bonds. The van der Waals surface area contributed by atoms with Crippen molar-refractivity contribution in [3.63, 3.8) is 0 Å². The van der Waals surface area contributed by atoms with Crippen molar-refractivity contribution >= 4 is 23.2 Å². The van der Waals surface area contributed by atoms with Crippen LogP contribution < -0.4 is 10.9 Å². The number of carbonyl (C=O) groups is 1. The number of carbonyl (C=O) groups excluding carboxylic acids is 1. The average Bonchev–Trinajstić information content (AvgIpc) is 3.30.